The van der Waals surface area contributed by atoms with Crippen LogP contribution in [0.15, 0.2) is 54.7 Å². The number of aromatic nitrogens is 3. The van der Waals surface area contributed by atoms with Crippen molar-refractivity contribution in [2.24, 2.45) is 0 Å². The van der Waals surface area contributed by atoms with Crippen molar-refractivity contribution in [3.8, 4) is 5.69 Å². The zero-order valence-electron chi connectivity index (χ0n) is 17.8. The highest BCUT2D eigenvalue weighted by Gasteiger charge is 2.82. The summed E-state index contributed by atoms with van der Waals surface area (Å²) in [5.74, 6) is -20.0. The summed E-state index contributed by atoms with van der Waals surface area (Å²) in [4.78, 5) is 12.3. The lowest BCUT2D eigenvalue weighted by Gasteiger charge is -2.32. The van der Waals surface area contributed by atoms with Crippen LogP contribution < -0.4 is 0 Å². The van der Waals surface area contributed by atoms with E-state index in [1.165, 1.54) is 24.3 Å². The van der Waals surface area contributed by atoms with E-state index in [2.05, 4.69) is 10.3 Å². The molecule has 0 aliphatic heterocycles. The van der Waals surface area contributed by atoms with Crippen LogP contribution in [0.1, 0.15) is 22.4 Å². The number of rotatable bonds is 8. The second-order valence-corrected chi connectivity index (χ2v) is 7.75. The third-order valence-corrected chi connectivity index (χ3v) is 5.21. The molecule has 35 heavy (non-hydrogen) atoms. The maximum Gasteiger partial charge on any atom is 0.460 e. The topological polar surface area (TPSA) is 47.8 Å². The number of hydrogen-bond donors (Lipinski definition) is 0. The van der Waals surface area contributed by atoms with Gasteiger partial charge in [0.1, 0.15) is 5.78 Å². The van der Waals surface area contributed by atoms with E-state index in [4.69, 9.17) is 0 Å². The SMILES string of the molecule is Cc1ccccc1CC(=O)Cc1ccc(-n2cc(C(F)(F)C(F)(F)C(F)(F)C(F)(F)F)nn2)cc1. The van der Waals surface area contributed by atoms with Crippen molar-refractivity contribution in [1.82, 2.24) is 15.0 Å². The Bertz CT molecular complexity index is 1200. The Morgan fingerprint density at radius 1 is 0.829 bits per heavy atom. The Morgan fingerprint density at radius 3 is 2.00 bits per heavy atom. The quantitative estimate of drug-likeness (QED) is 0.358. The lowest BCUT2D eigenvalue weighted by Crippen LogP contribution is -2.59. The number of alkyl halides is 9. The van der Waals surface area contributed by atoms with E-state index < -0.39 is 29.6 Å². The highest BCUT2D eigenvalue weighted by Crippen LogP contribution is 2.56. The number of benzene rings is 2. The highest BCUT2D eigenvalue weighted by atomic mass is 19.4. The summed E-state index contributed by atoms with van der Waals surface area (Å²) in [6.45, 7) is 1.85. The first-order valence-corrected chi connectivity index (χ1v) is 9.86. The van der Waals surface area contributed by atoms with Gasteiger partial charge in [0.15, 0.2) is 5.69 Å². The molecule has 0 saturated carbocycles. The molecule has 0 aliphatic rings. The highest BCUT2D eigenvalue weighted by molar-refractivity contribution is 5.83. The minimum Gasteiger partial charge on any atom is -0.299 e. The number of hydrogen-bond acceptors (Lipinski definition) is 3. The number of ketones is 1. The van der Waals surface area contributed by atoms with Gasteiger partial charge in [-0.15, -0.1) is 5.10 Å². The van der Waals surface area contributed by atoms with Crippen LogP contribution in [0.5, 0.6) is 0 Å². The predicted molar refractivity (Wildman–Crippen MR) is 105 cm³/mol. The molecule has 3 aromatic rings. The molecule has 0 aliphatic carbocycles. The van der Waals surface area contributed by atoms with Crippen molar-refractivity contribution in [3.05, 3.63) is 77.1 Å². The molecular weight excluding hydrogens is 493 g/mol. The summed E-state index contributed by atoms with van der Waals surface area (Å²) >= 11 is 0. The van der Waals surface area contributed by atoms with Crippen LogP contribution in [0.25, 0.3) is 5.69 Å². The predicted octanol–water partition coefficient (Wildman–Crippen LogP) is 5.85. The Balaban J connectivity index is 1.76. The molecule has 13 heteroatoms. The van der Waals surface area contributed by atoms with Crippen LogP contribution in [0.2, 0.25) is 0 Å². The standard InChI is InChI=1S/C22H16F9N3O/c1-13-4-2-3-5-15(13)11-17(35)10-14-6-8-16(9-7-14)34-12-18(32-33-34)19(23,24)20(25,26)21(27,28)22(29,30)31/h2-9,12H,10-11H2,1H3. The van der Waals surface area contributed by atoms with Crippen LogP contribution in [0, 0.1) is 6.92 Å². The van der Waals surface area contributed by atoms with Gasteiger partial charge in [0, 0.05) is 12.8 Å². The fraction of sp³-hybridized carbons (Fsp3) is 0.318. The molecule has 0 unspecified atom stereocenters. The molecule has 1 aromatic heterocycles. The number of carbonyl (C=O) groups is 1. The lowest BCUT2D eigenvalue weighted by atomic mass is 9.99. The van der Waals surface area contributed by atoms with E-state index in [0.717, 1.165) is 11.1 Å². The zero-order chi connectivity index (χ0) is 26.2. The molecule has 0 amide bonds. The van der Waals surface area contributed by atoms with Crippen LogP contribution in [0.3, 0.4) is 0 Å². The summed E-state index contributed by atoms with van der Waals surface area (Å²) in [6.07, 6.45) is -6.61. The molecule has 0 radical (unpaired) electrons. The van der Waals surface area contributed by atoms with Crippen LogP contribution in [0.4, 0.5) is 39.5 Å². The molecule has 0 fully saturated rings. The molecule has 1 heterocycles. The van der Waals surface area contributed by atoms with E-state index in [1.54, 1.807) is 6.07 Å². The van der Waals surface area contributed by atoms with Crippen LogP contribution in [-0.2, 0) is 23.6 Å². The Labute approximate surface area is 192 Å². The summed E-state index contributed by atoms with van der Waals surface area (Å²) < 4.78 is 119. The maximum atomic E-state index is 14.0. The first kappa shape index (κ1) is 26.2. The summed E-state index contributed by atoms with van der Waals surface area (Å²) in [6, 6.07) is 12.6. The number of halogens is 9. The summed E-state index contributed by atoms with van der Waals surface area (Å²) in [5, 5.41) is 5.81. The van der Waals surface area contributed by atoms with E-state index in [0.29, 0.717) is 10.2 Å². The van der Waals surface area contributed by atoms with Gasteiger partial charge in [-0.05, 0) is 35.7 Å². The maximum absolute atomic E-state index is 14.0. The van der Waals surface area contributed by atoms with E-state index in [-0.39, 0.29) is 30.5 Å². The largest absolute Gasteiger partial charge is 0.460 e. The molecule has 2 aromatic carbocycles. The monoisotopic (exact) mass is 509 g/mol. The second kappa shape index (κ2) is 9.00. The smallest absolute Gasteiger partial charge is 0.299 e. The number of aryl methyl sites for hydroxylation is 1. The molecule has 0 spiro atoms. The first-order valence-electron chi connectivity index (χ1n) is 9.86. The molecule has 0 saturated heterocycles. The molecule has 0 atom stereocenters. The van der Waals surface area contributed by atoms with Crippen molar-refractivity contribution in [2.75, 3.05) is 0 Å². The molecule has 0 bridgehead atoms. The van der Waals surface area contributed by atoms with E-state index >= 15 is 0 Å². The minimum atomic E-state index is -7.03. The van der Waals surface area contributed by atoms with Crippen molar-refractivity contribution in [3.63, 3.8) is 0 Å². The van der Waals surface area contributed by atoms with Gasteiger partial charge in [0.05, 0.1) is 11.9 Å². The number of carbonyl (C=O) groups excluding carboxylic acids is 1. The van der Waals surface area contributed by atoms with E-state index in [9.17, 15) is 44.3 Å². The van der Waals surface area contributed by atoms with Gasteiger partial charge in [-0.1, -0.05) is 41.6 Å². The fourth-order valence-corrected chi connectivity index (χ4v) is 3.15. The third-order valence-electron chi connectivity index (χ3n) is 5.21. The average Bonchev–Trinajstić information content (AvgIpc) is 3.26. The van der Waals surface area contributed by atoms with Crippen molar-refractivity contribution >= 4 is 5.78 Å². The van der Waals surface area contributed by atoms with Gasteiger partial charge >= 0.3 is 23.9 Å². The second-order valence-electron chi connectivity index (χ2n) is 7.75. The Morgan fingerprint density at radius 2 is 1.43 bits per heavy atom. The molecule has 4 nitrogen and oxygen atoms in total. The normalized spacial score (nSPS) is 13.2. The summed E-state index contributed by atoms with van der Waals surface area (Å²) in [5.41, 5.74) is 0.186. The molecule has 0 N–H and O–H groups in total. The van der Waals surface area contributed by atoms with Gasteiger partial charge in [-0.25, -0.2) is 4.68 Å². The zero-order valence-corrected chi connectivity index (χ0v) is 17.8. The third kappa shape index (κ3) is 4.89. The van der Waals surface area contributed by atoms with E-state index in [1.807, 2.05) is 25.1 Å². The Hall–Kier alpha value is -3.38. The van der Waals surface area contributed by atoms with Crippen LogP contribution >= 0.6 is 0 Å². The Kier molecular flexibility index (Phi) is 6.75. The van der Waals surface area contributed by atoms with Gasteiger partial charge in [0.25, 0.3) is 0 Å². The van der Waals surface area contributed by atoms with Crippen molar-refractivity contribution < 1.29 is 44.3 Å². The van der Waals surface area contributed by atoms with Crippen molar-refractivity contribution in [1.29, 1.82) is 0 Å². The number of nitrogens with zero attached hydrogens (tertiary/aromatic N) is 3. The van der Waals surface area contributed by atoms with Crippen molar-refractivity contribution in [2.45, 2.75) is 43.7 Å². The molecular formula is C22H16F9N3O. The first-order chi connectivity index (χ1) is 16.1. The number of Topliss-reactive ketones (excluding diaryl/α,β-unsaturated/α-hetero) is 1. The lowest BCUT2D eigenvalue weighted by molar-refractivity contribution is -0.400. The summed E-state index contributed by atoms with van der Waals surface area (Å²) in [7, 11) is 0. The van der Waals surface area contributed by atoms with Gasteiger partial charge in [-0.3, -0.25) is 4.79 Å². The van der Waals surface area contributed by atoms with Gasteiger partial charge in [0.2, 0.25) is 0 Å². The molecule has 3 rings (SSSR count). The fourth-order valence-electron chi connectivity index (χ4n) is 3.15. The average molecular weight is 509 g/mol. The molecule has 188 valence electrons. The van der Waals surface area contributed by atoms with Gasteiger partial charge in [-0.2, -0.15) is 39.5 Å². The van der Waals surface area contributed by atoms with Crippen LogP contribution in [-0.4, -0.2) is 38.8 Å². The van der Waals surface area contributed by atoms with Gasteiger partial charge < -0.3 is 0 Å². The minimum absolute atomic E-state index is 0.0219.